The quantitative estimate of drug-likeness (QED) is 0.242. The molecule has 1 saturated heterocycles. The van der Waals surface area contributed by atoms with Gasteiger partial charge in [-0.05, 0) is 63.8 Å². The van der Waals surface area contributed by atoms with Crippen LogP contribution in [0.2, 0.25) is 5.02 Å². The van der Waals surface area contributed by atoms with Crippen molar-refractivity contribution in [2.24, 2.45) is 14.1 Å². The van der Waals surface area contributed by atoms with Crippen LogP contribution in [0, 0.1) is 6.92 Å². The lowest BCUT2D eigenvalue weighted by atomic mass is 9.98. The highest BCUT2D eigenvalue weighted by molar-refractivity contribution is 6.36. The summed E-state index contributed by atoms with van der Waals surface area (Å²) in [5.74, 6) is -0.101. The number of ether oxygens (including phenoxy) is 2. The van der Waals surface area contributed by atoms with E-state index in [1.165, 1.54) is 0 Å². The van der Waals surface area contributed by atoms with Gasteiger partial charge in [-0.15, -0.1) is 0 Å². The molecule has 0 atom stereocenters. The SMILES string of the molecule is Cc1c(NC(=O)c2nc3c(n2C)CCN(C(=O)OC(C)(C)C)C3)cccc1-c1cccc(NC(=O)c2nc3c(n2C)CCN(C2CCOCC2)C3)c1Cl. The van der Waals surface area contributed by atoms with Gasteiger partial charge in [0, 0.05) is 88.5 Å². The van der Waals surface area contributed by atoms with Crippen molar-refractivity contribution >= 4 is 40.9 Å². The van der Waals surface area contributed by atoms with E-state index in [0.29, 0.717) is 52.5 Å². The number of amides is 3. The number of anilines is 2. The molecule has 5 heterocycles. The number of aromatic nitrogens is 4. The summed E-state index contributed by atoms with van der Waals surface area (Å²) < 4.78 is 14.8. The third kappa shape index (κ3) is 7.42. The molecule has 0 aliphatic carbocycles. The Balaban J connectivity index is 1.06. The maximum absolute atomic E-state index is 13.7. The number of hydrogen-bond acceptors (Lipinski definition) is 8. The Kier molecular flexibility index (Phi) is 10.1. The lowest BCUT2D eigenvalue weighted by molar-refractivity contribution is 0.0220. The third-order valence-electron chi connectivity index (χ3n) is 10.4. The summed E-state index contributed by atoms with van der Waals surface area (Å²) in [6, 6.07) is 11.6. The van der Waals surface area contributed by atoms with E-state index in [2.05, 4.69) is 20.5 Å². The molecular formula is C39H47ClN8O5. The van der Waals surface area contributed by atoms with Crippen LogP contribution in [0.15, 0.2) is 36.4 Å². The van der Waals surface area contributed by atoms with Gasteiger partial charge in [-0.25, -0.2) is 14.8 Å². The molecule has 3 amide bonds. The van der Waals surface area contributed by atoms with Gasteiger partial charge in [-0.3, -0.25) is 14.5 Å². The molecule has 0 bridgehead atoms. The molecule has 3 aliphatic heterocycles. The Labute approximate surface area is 314 Å². The summed E-state index contributed by atoms with van der Waals surface area (Å²) in [6.45, 7) is 11.4. The number of carbonyl (C=O) groups is 3. The molecule has 280 valence electrons. The maximum Gasteiger partial charge on any atom is 0.410 e. The van der Waals surface area contributed by atoms with Crippen molar-refractivity contribution in [1.29, 1.82) is 0 Å². The van der Waals surface area contributed by atoms with Crippen LogP contribution in [0.1, 0.15) is 83.2 Å². The molecule has 2 N–H and O–H groups in total. The van der Waals surface area contributed by atoms with Gasteiger partial charge in [0.25, 0.3) is 11.8 Å². The number of carbonyl (C=O) groups excluding carboxylic acids is 3. The lowest BCUT2D eigenvalue weighted by Gasteiger charge is -2.36. The van der Waals surface area contributed by atoms with Crippen LogP contribution in [0.5, 0.6) is 0 Å². The topological polar surface area (TPSA) is 136 Å². The molecule has 4 aromatic rings. The summed E-state index contributed by atoms with van der Waals surface area (Å²) in [6.07, 6.45) is 3.03. The van der Waals surface area contributed by atoms with Gasteiger partial charge in [-0.1, -0.05) is 35.9 Å². The van der Waals surface area contributed by atoms with Crippen molar-refractivity contribution in [2.45, 2.75) is 78.1 Å². The first-order chi connectivity index (χ1) is 25.3. The molecule has 14 heteroatoms. The first-order valence-corrected chi connectivity index (χ1v) is 18.6. The number of nitrogens with zero attached hydrogens (tertiary/aromatic N) is 6. The average Bonchev–Trinajstić information content (AvgIpc) is 3.65. The normalized spacial score (nSPS) is 16.5. The van der Waals surface area contributed by atoms with Gasteiger partial charge < -0.3 is 34.1 Å². The summed E-state index contributed by atoms with van der Waals surface area (Å²) >= 11 is 7.00. The van der Waals surface area contributed by atoms with Gasteiger partial charge in [0.2, 0.25) is 0 Å². The first-order valence-electron chi connectivity index (χ1n) is 18.2. The zero-order valence-electron chi connectivity index (χ0n) is 31.2. The zero-order valence-corrected chi connectivity index (χ0v) is 32.0. The second-order valence-corrected chi connectivity index (χ2v) is 15.4. The molecule has 0 saturated carbocycles. The molecule has 2 aromatic heterocycles. The second kappa shape index (κ2) is 14.6. The minimum Gasteiger partial charge on any atom is -0.444 e. The maximum atomic E-state index is 13.7. The van der Waals surface area contributed by atoms with E-state index in [-0.39, 0.29) is 24.2 Å². The van der Waals surface area contributed by atoms with E-state index in [0.717, 1.165) is 73.8 Å². The highest BCUT2D eigenvalue weighted by Gasteiger charge is 2.32. The Morgan fingerprint density at radius 1 is 0.830 bits per heavy atom. The molecule has 1 fully saturated rings. The van der Waals surface area contributed by atoms with E-state index in [1.54, 1.807) is 15.5 Å². The minimum absolute atomic E-state index is 0.251. The van der Waals surface area contributed by atoms with Crippen LogP contribution in [0.25, 0.3) is 11.1 Å². The van der Waals surface area contributed by atoms with Crippen molar-refractivity contribution in [2.75, 3.05) is 36.9 Å². The highest BCUT2D eigenvalue weighted by atomic mass is 35.5. The first kappa shape index (κ1) is 36.6. The number of rotatable bonds is 6. The van der Waals surface area contributed by atoms with Crippen LogP contribution >= 0.6 is 11.6 Å². The summed E-state index contributed by atoms with van der Waals surface area (Å²) in [4.78, 5) is 53.5. The average molecular weight is 743 g/mol. The number of hydrogen-bond donors (Lipinski definition) is 2. The second-order valence-electron chi connectivity index (χ2n) is 15.0. The van der Waals surface area contributed by atoms with Gasteiger partial charge in [0.05, 0.1) is 28.6 Å². The lowest BCUT2D eigenvalue weighted by Crippen LogP contribution is -2.42. The van der Waals surface area contributed by atoms with Gasteiger partial charge >= 0.3 is 6.09 Å². The number of fused-ring (bicyclic) bond motifs is 2. The van der Waals surface area contributed by atoms with E-state index in [1.807, 2.05) is 76.7 Å². The van der Waals surface area contributed by atoms with E-state index in [4.69, 9.17) is 26.1 Å². The Hall–Kier alpha value is -4.72. The van der Waals surface area contributed by atoms with Crippen molar-refractivity contribution < 1.29 is 23.9 Å². The van der Waals surface area contributed by atoms with E-state index in [9.17, 15) is 14.4 Å². The molecule has 13 nitrogen and oxygen atoms in total. The number of benzene rings is 2. The van der Waals surface area contributed by atoms with Crippen LogP contribution in [0.4, 0.5) is 16.2 Å². The van der Waals surface area contributed by atoms with Crippen LogP contribution < -0.4 is 10.6 Å². The van der Waals surface area contributed by atoms with Crippen molar-refractivity contribution in [3.63, 3.8) is 0 Å². The molecule has 2 aromatic carbocycles. The number of imidazole rings is 2. The molecule has 0 radical (unpaired) electrons. The molecule has 53 heavy (non-hydrogen) atoms. The van der Waals surface area contributed by atoms with Crippen LogP contribution in [-0.2, 0) is 49.5 Å². The van der Waals surface area contributed by atoms with Crippen molar-refractivity contribution in [3.05, 3.63) is 81.4 Å². The molecule has 0 unspecified atom stereocenters. The van der Waals surface area contributed by atoms with E-state index >= 15 is 0 Å². The fourth-order valence-electron chi connectivity index (χ4n) is 7.58. The Morgan fingerprint density at radius 3 is 2.04 bits per heavy atom. The van der Waals surface area contributed by atoms with Gasteiger partial charge in [0.15, 0.2) is 11.6 Å². The minimum atomic E-state index is -0.605. The molecule has 7 rings (SSSR count). The third-order valence-corrected chi connectivity index (χ3v) is 10.8. The largest absolute Gasteiger partial charge is 0.444 e. The molecule has 3 aliphatic rings. The Bertz CT molecular complexity index is 2080. The monoisotopic (exact) mass is 742 g/mol. The van der Waals surface area contributed by atoms with E-state index < -0.39 is 11.7 Å². The summed E-state index contributed by atoms with van der Waals surface area (Å²) in [7, 11) is 3.71. The summed E-state index contributed by atoms with van der Waals surface area (Å²) in [5.41, 5.74) is 6.38. The van der Waals surface area contributed by atoms with Gasteiger partial charge in [-0.2, -0.15) is 0 Å². The molecular weight excluding hydrogens is 696 g/mol. The fourth-order valence-corrected chi connectivity index (χ4v) is 7.86. The molecule has 0 spiro atoms. The highest BCUT2D eigenvalue weighted by Crippen LogP contribution is 2.38. The van der Waals surface area contributed by atoms with Gasteiger partial charge in [0.1, 0.15) is 5.60 Å². The standard InChI is InChI=1S/C39H47ClN8O5/c1-23-25(9-7-11-27(23)43-36(49)34-42-30-22-48(18-14-32(30)46(34)6)38(51)53-39(2,3)4)26-10-8-12-28(33(26)40)44-37(50)35-41-29-21-47(17-13-31(29)45(35)5)24-15-19-52-20-16-24/h7-12,24H,13-22H2,1-6H3,(H,43,49)(H,44,50). The number of nitrogens with one attached hydrogen (secondary N) is 2. The predicted octanol–water partition coefficient (Wildman–Crippen LogP) is 6.12. The van der Waals surface area contributed by atoms with Crippen LogP contribution in [-0.4, -0.2) is 84.8 Å². The fraction of sp³-hybridized carbons (Fsp3) is 0.462. The summed E-state index contributed by atoms with van der Waals surface area (Å²) in [5, 5.41) is 6.41. The van der Waals surface area contributed by atoms with Crippen LogP contribution in [0.3, 0.4) is 0 Å². The van der Waals surface area contributed by atoms with Crippen molar-refractivity contribution in [3.8, 4) is 11.1 Å². The zero-order chi connectivity index (χ0) is 37.6. The number of halogens is 1. The predicted molar refractivity (Wildman–Crippen MR) is 202 cm³/mol. The smallest absolute Gasteiger partial charge is 0.410 e. The Morgan fingerprint density at radius 2 is 1.40 bits per heavy atom. The van der Waals surface area contributed by atoms with Crippen molar-refractivity contribution in [1.82, 2.24) is 28.9 Å².